The van der Waals surface area contributed by atoms with Crippen LogP contribution in [0.5, 0.6) is 0 Å². The fourth-order valence-electron chi connectivity index (χ4n) is 4.07. The molecule has 4 rings (SSSR count). The van der Waals surface area contributed by atoms with Crippen molar-refractivity contribution in [2.24, 2.45) is 0 Å². The smallest absolute Gasteiger partial charge is 0.00866 e. The third kappa shape index (κ3) is 1.30. The molecule has 0 aliphatic heterocycles. The maximum absolute atomic E-state index is 2.38. The number of fused-ring (bicyclic) bond motifs is 3. The van der Waals surface area contributed by atoms with Crippen molar-refractivity contribution in [3.8, 4) is 0 Å². The average Bonchev–Trinajstić information content (AvgIpc) is 2.55. The van der Waals surface area contributed by atoms with Crippen LogP contribution >= 0.6 is 0 Å². The minimum absolute atomic E-state index is 0.818. The Bertz CT molecular complexity index is 521. The largest absolute Gasteiger partial charge is 0.0613 e. The molecular weight excluding hydrogens is 204 g/mol. The van der Waals surface area contributed by atoms with Crippen LogP contribution in [0.3, 0.4) is 0 Å². The van der Waals surface area contributed by atoms with Gasteiger partial charge in [-0.05, 0) is 46.6 Å². The van der Waals surface area contributed by atoms with Gasteiger partial charge in [-0.15, -0.1) is 0 Å². The Hall–Kier alpha value is -1.30. The van der Waals surface area contributed by atoms with Crippen molar-refractivity contribution >= 4 is 10.8 Å². The highest BCUT2D eigenvalue weighted by Gasteiger charge is 2.34. The summed E-state index contributed by atoms with van der Waals surface area (Å²) >= 11 is 0. The molecule has 0 saturated heterocycles. The molecule has 0 heteroatoms. The molecule has 0 nitrogen and oxygen atoms in total. The van der Waals surface area contributed by atoms with Crippen molar-refractivity contribution in [1.29, 1.82) is 0 Å². The molecule has 1 saturated carbocycles. The first-order chi connectivity index (χ1) is 8.45. The lowest BCUT2D eigenvalue weighted by Crippen LogP contribution is -2.02. The van der Waals surface area contributed by atoms with Crippen LogP contribution in [-0.2, 0) is 0 Å². The zero-order chi connectivity index (χ0) is 11.2. The van der Waals surface area contributed by atoms with Crippen LogP contribution in [0.25, 0.3) is 10.8 Å². The van der Waals surface area contributed by atoms with Gasteiger partial charge >= 0.3 is 0 Å². The van der Waals surface area contributed by atoms with Gasteiger partial charge in [0.05, 0.1) is 0 Å². The van der Waals surface area contributed by atoms with Crippen LogP contribution < -0.4 is 0 Å². The summed E-state index contributed by atoms with van der Waals surface area (Å²) in [6, 6.07) is 13.8. The van der Waals surface area contributed by atoms with Crippen molar-refractivity contribution < 1.29 is 0 Å². The normalized spacial score (nSPS) is 26.8. The molecule has 2 unspecified atom stereocenters. The van der Waals surface area contributed by atoms with Gasteiger partial charge in [0.25, 0.3) is 0 Å². The second-order valence-corrected chi connectivity index (χ2v) is 5.64. The third-order valence-electron chi connectivity index (χ3n) is 4.78. The Balaban J connectivity index is 2.00. The van der Waals surface area contributed by atoms with E-state index in [0.29, 0.717) is 0 Å². The van der Waals surface area contributed by atoms with Gasteiger partial charge in [0.1, 0.15) is 0 Å². The van der Waals surface area contributed by atoms with Crippen molar-refractivity contribution in [2.75, 3.05) is 0 Å². The summed E-state index contributed by atoms with van der Waals surface area (Å²) in [6.07, 6.45) is 7.08. The zero-order valence-corrected chi connectivity index (χ0v) is 10.2. The van der Waals surface area contributed by atoms with Crippen LogP contribution in [0.15, 0.2) is 36.4 Å². The summed E-state index contributed by atoms with van der Waals surface area (Å²) in [5.74, 6) is 1.64. The van der Waals surface area contributed by atoms with Crippen LogP contribution in [0.4, 0.5) is 0 Å². The predicted molar refractivity (Wildman–Crippen MR) is 72.5 cm³/mol. The summed E-state index contributed by atoms with van der Waals surface area (Å²) in [6.45, 7) is 0. The minimum atomic E-state index is 0.818. The molecule has 0 N–H and O–H groups in total. The van der Waals surface area contributed by atoms with Gasteiger partial charge in [-0.3, -0.25) is 0 Å². The lowest BCUT2D eigenvalue weighted by Gasteiger charge is -2.18. The Morgan fingerprint density at radius 1 is 0.706 bits per heavy atom. The Labute approximate surface area is 103 Å². The molecule has 0 aromatic heterocycles. The van der Waals surface area contributed by atoms with Crippen molar-refractivity contribution in [3.63, 3.8) is 0 Å². The Morgan fingerprint density at radius 3 is 1.88 bits per heavy atom. The van der Waals surface area contributed by atoms with E-state index in [4.69, 9.17) is 0 Å². The second-order valence-electron chi connectivity index (χ2n) is 5.64. The second kappa shape index (κ2) is 3.60. The van der Waals surface area contributed by atoms with Crippen molar-refractivity contribution in [1.82, 2.24) is 0 Å². The highest BCUT2D eigenvalue weighted by Crippen LogP contribution is 2.52. The van der Waals surface area contributed by atoms with Gasteiger partial charge < -0.3 is 0 Å². The first-order valence-corrected chi connectivity index (χ1v) is 6.97. The van der Waals surface area contributed by atoms with Crippen LogP contribution in [0.2, 0.25) is 0 Å². The maximum Gasteiger partial charge on any atom is -0.00866 e. The number of hydrogen-bond donors (Lipinski definition) is 0. The van der Waals surface area contributed by atoms with Gasteiger partial charge in [0.2, 0.25) is 0 Å². The molecule has 1 fully saturated rings. The molecule has 0 amide bonds. The van der Waals surface area contributed by atoms with Crippen LogP contribution in [0, 0.1) is 0 Å². The van der Waals surface area contributed by atoms with Gasteiger partial charge in [0, 0.05) is 0 Å². The maximum atomic E-state index is 2.38. The summed E-state index contributed by atoms with van der Waals surface area (Å²) in [5, 5.41) is 3.04. The monoisotopic (exact) mass is 222 g/mol. The molecule has 2 aromatic rings. The third-order valence-corrected chi connectivity index (χ3v) is 4.78. The zero-order valence-electron chi connectivity index (χ0n) is 10.2. The molecule has 2 aliphatic carbocycles. The SMILES string of the molecule is c1cc2c3c(cccc3c1)C1CCCCCC21. The average molecular weight is 222 g/mol. The van der Waals surface area contributed by atoms with Gasteiger partial charge in [-0.1, -0.05) is 55.7 Å². The van der Waals surface area contributed by atoms with E-state index in [1.54, 1.807) is 16.5 Å². The molecule has 86 valence electrons. The highest BCUT2D eigenvalue weighted by atomic mass is 14.4. The number of hydrogen-bond acceptors (Lipinski definition) is 0. The van der Waals surface area contributed by atoms with E-state index in [2.05, 4.69) is 36.4 Å². The first-order valence-electron chi connectivity index (χ1n) is 6.97. The fraction of sp³-hybridized carbons (Fsp3) is 0.412. The standard InChI is InChI=1S/C17H18/c1-2-8-13-14(9-3-1)16-11-5-7-12-6-4-10-15(13)17(12)16/h4-7,10-11,13-14H,1-3,8-9H2. The summed E-state index contributed by atoms with van der Waals surface area (Å²) < 4.78 is 0. The molecule has 2 aliphatic rings. The van der Waals surface area contributed by atoms with E-state index in [1.807, 2.05) is 0 Å². The number of benzene rings is 2. The summed E-state index contributed by atoms with van der Waals surface area (Å²) in [4.78, 5) is 0. The molecule has 0 spiro atoms. The fourth-order valence-corrected chi connectivity index (χ4v) is 4.07. The molecular formula is C17H18. The topological polar surface area (TPSA) is 0 Å². The van der Waals surface area contributed by atoms with Crippen molar-refractivity contribution in [3.05, 3.63) is 47.5 Å². The van der Waals surface area contributed by atoms with E-state index >= 15 is 0 Å². The Kier molecular flexibility index (Phi) is 2.05. The first kappa shape index (κ1) is 9.70. The van der Waals surface area contributed by atoms with Crippen LogP contribution in [-0.4, -0.2) is 0 Å². The quantitative estimate of drug-likeness (QED) is 0.589. The van der Waals surface area contributed by atoms with Gasteiger partial charge in [-0.25, -0.2) is 0 Å². The van der Waals surface area contributed by atoms with E-state index in [-0.39, 0.29) is 0 Å². The predicted octanol–water partition coefficient (Wildman–Crippen LogP) is 4.98. The minimum Gasteiger partial charge on any atom is -0.0613 e. The van der Waals surface area contributed by atoms with Gasteiger partial charge in [-0.2, -0.15) is 0 Å². The van der Waals surface area contributed by atoms with Crippen LogP contribution in [0.1, 0.15) is 55.1 Å². The van der Waals surface area contributed by atoms with E-state index < -0.39 is 0 Å². The summed E-state index contributed by atoms with van der Waals surface area (Å²) in [5.41, 5.74) is 3.29. The van der Waals surface area contributed by atoms with Crippen molar-refractivity contribution in [2.45, 2.75) is 43.9 Å². The molecule has 0 radical (unpaired) electrons. The lowest BCUT2D eigenvalue weighted by molar-refractivity contribution is 0.532. The van der Waals surface area contributed by atoms with E-state index in [9.17, 15) is 0 Å². The summed E-state index contributed by atoms with van der Waals surface area (Å²) in [7, 11) is 0. The Morgan fingerprint density at radius 2 is 1.29 bits per heavy atom. The molecule has 2 aromatic carbocycles. The molecule has 0 heterocycles. The highest BCUT2D eigenvalue weighted by molar-refractivity contribution is 5.92. The molecule has 0 bridgehead atoms. The number of rotatable bonds is 0. The van der Waals surface area contributed by atoms with E-state index in [0.717, 1.165) is 11.8 Å². The molecule has 2 atom stereocenters. The lowest BCUT2D eigenvalue weighted by atomic mass is 9.86. The van der Waals surface area contributed by atoms with Gasteiger partial charge in [0.15, 0.2) is 0 Å². The van der Waals surface area contributed by atoms with E-state index in [1.165, 1.54) is 37.5 Å². The molecule has 17 heavy (non-hydrogen) atoms.